The Morgan fingerprint density at radius 3 is 2.15 bits per heavy atom. The number of hydrogen-bond acceptors (Lipinski definition) is 1. The van der Waals surface area contributed by atoms with Gasteiger partial charge in [0.15, 0.2) is 11.6 Å². The summed E-state index contributed by atoms with van der Waals surface area (Å²) in [5.74, 6) is -2.30. The summed E-state index contributed by atoms with van der Waals surface area (Å²) < 4.78 is 63.9. The highest BCUT2D eigenvalue weighted by molar-refractivity contribution is 5.71. The number of alkyl halides is 3. The molecule has 0 heterocycles. The number of nitrogens with zero attached hydrogens (tertiary/aromatic N) is 1. The summed E-state index contributed by atoms with van der Waals surface area (Å²) in [4.78, 5) is 0. The van der Waals surface area contributed by atoms with E-state index in [2.05, 4.69) is 0 Å². The van der Waals surface area contributed by atoms with E-state index < -0.39 is 23.4 Å². The Labute approximate surface area is 110 Å². The van der Waals surface area contributed by atoms with Crippen molar-refractivity contribution in [3.8, 4) is 17.2 Å². The average Bonchev–Trinajstić information content (AvgIpc) is 2.40. The quantitative estimate of drug-likeness (QED) is 0.706. The fraction of sp³-hybridized carbons (Fsp3) is 0.0714. The van der Waals surface area contributed by atoms with Gasteiger partial charge in [0.05, 0.1) is 17.2 Å². The summed E-state index contributed by atoms with van der Waals surface area (Å²) in [7, 11) is 0. The van der Waals surface area contributed by atoms with Crippen LogP contribution in [0.2, 0.25) is 0 Å². The molecule has 0 fully saturated rings. The molecule has 1 nitrogen and oxygen atoms in total. The molecule has 102 valence electrons. The minimum atomic E-state index is -4.58. The zero-order chi connectivity index (χ0) is 14.9. The summed E-state index contributed by atoms with van der Waals surface area (Å²) in [6.07, 6.45) is -4.58. The predicted molar refractivity (Wildman–Crippen MR) is 61.5 cm³/mol. The molecule has 0 spiro atoms. The molecule has 20 heavy (non-hydrogen) atoms. The molecule has 2 aromatic carbocycles. The van der Waals surface area contributed by atoms with E-state index in [0.29, 0.717) is 0 Å². The number of rotatable bonds is 1. The van der Waals surface area contributed by atoms with Gasteiger partial charge in [-0.05, 0) is 35.9 Å². The first-order valence-corrected chi connectivity index (χ1v) is 5.39. The number of halogens is 5. The van der Waals surface area contributed by atoms with Gasteiger partial charge >= 0.3 is 6.18 Å². The highest BCUT2D eigenvalue weighted by Gasteiger charge is 2.31. The first kappa shape index (κ1) is 14.0. The Morgan fingerprint density at radius 2 is 1.60 bits per heavy atom. The normalized spacial score (nSPS) is 11.2. The minimum absolute atomic E-state index is 0.00606. The van der Waals surface area contributed by atoms with Crippen LogP contribution < -0.4 is 0 Å². The van der Waals surface area contributed by atoms with Crippen molar-refractivity contribution in [2.24, 2.45) is 0 Å². The van der Waals surface area contributed by atoms with Gasteiger partial charge in [0.2, 0.25) is 0 Å². The monoisotopic (exact) mass is 283 g/mol. The fourth-order valence-corrected chi connectivity index (χ4v) is 1.72. The molecule has 0 bridgehead atoms. The Kier molecular flexibility index (Phi) is 3.45. The summed E-state index contributed by atoms with van der Waals surface area (Å²) >= 11 is 0. The Bertz CT molecular complexity index is 698. The molecule has 2 aromatic rings. The van der Waals surface area contributed by atoms with E-state index in [4.69, 9.17) is 5.26 Å². The summed E-state index contributed by atoms with van der Waals surface area (Å²) in [6.45, 7) is 0. The van der Waals surface area contributed by atoms with Crippen molar-refractivity contribution < 1.29 is 22.0 Å². The van der Waals surface area contributed by atoms with Crippen molar-refractivity contribution in [2.75, 3.05) is 0 Å². The molecule has 0 atom stereocenters. The van der Waals surface area contributed by atoms with Gasteiger partial charge in [-0.15, -0.1) is 0 Å². The van der Waals surface area contributed by atoms with Crippen LogP contribution in [0.1, 0.15) is 11.1 Å². The van der Waals surface area contributed by atoms with E-state index in [-0.39, 0.29) is 16.7 Å². The van der Waals surface area contributed by atoms with E-state index in [1.54, 1.807) is 6.07 Å². The van der Waals surface area contributed by atoms with Crippen LogP contribution in [0.15, 0.2) is 36.4 Å². The lowest BCUT2D eigenvalue weighted by molar-refractivity contribution is -0.137. The van der Waals surface area contributed by atoms with Crippen LogP contribution in [0, 0.1) is 23.0 Å². The Hall–Kier alpha value is -2.42. The van der Waals surface area contributed by atoms with Gasteiger partial charge < -0.3 is 0 Å². The maximum Gasteiger partial charge on any atom is 0.416 e. The average molecular weight is 283 g/mol. The third-order valence-electron chi connectivity index (χ3n) is 2.70. The highest BCUT2D eigenvalue weighted by atomic mass is 19.4. The lowest BCUT2D eigenvalue weighted by Gasteiger charge is -2.10. The molecule has 0 aliphatic heterocycles. The van der Waals surface area contributed by atoms with Crippen molar-refractivity contribution in [2.45, 2.75) is 6.18 Å². The van der Waals surface area contributed by atoms with Crippen LogP contribution in [0.3, 0.4) is 0 Å². The molecule has 0 unspecified atom stereocenters. The Balaban J connectivity index is 2.65. The van der Waals surface area contributed by atoms with Crippen molar-refractivity contribution in [1.29, 1.82) is 5.26 Å². The third-order valence-corrected chi connectivity index (χ3v) is 2.70. The number of hydrogen-bond donors (Lipinski definition) is 0. The second kappa shape index (κ2) is 4.93. The maximum absolute atomic E-state index is 13.2. The van der Waals surface area contributed by atoms with Gasteiger partial charge in [0.1, 0.15) is 0 Å². The van der Waals surface area contributed by atoms with Gasteiger partial charge in [0.25, 0.3) is 0 Å². The van der Waals surface area contributed by atoms with Crippen LogP contribution in [-0.4, -0.2) is 0 Å². The summed E-state index contributed by atoms with van der Waals surface area (Å²) in [6, 6.07) is 6.90. The topological polar surface area (TPSA) is 23.8 Å². The first-order valence-electron chi connectivity index (χ1n) is 5.39. The van der Waals surface area contributed by atoms with Gasteiger partial charge in [-0.25, -0.2) is 8.78 Å². The fourth-order valence-electron chi connectivity index (χ4n) is 1.72. The lowest BCUT2D eigenvalue weighted by Crippen LogP contribution is -2.05. The third kappa shape index (κ3) is 2.62. The molecule has 0 saturated heterocycles. The maximum atomic E-state index is 13.2. The van der Waals surface area contributed by atoms with Gasteiger partial charge in [-0.1, -0.05) is 6.07 Å². The van der Waals surface area contributed by atoms with Gasteiger partial charge in [-0.2, -0.15) is 18.4 Å². The molecule has 6 heteroatoms. The summed E-state index contributed by atoms with van der Waals surface area (Å²) in [5.41, 5.74) is -1.10. The molecule has 0 saturated carbocycles. The van der Waals surface area contributed by atoms with Crippen LogP contribution in [0.5, 0.6) is 0 Å². The molecule has 0 aliphatic rings. The smallest absolute Gasteiger partial charge is 0.204 e. The largest absolute Gasteiger partial charge is 0.416 e. The molecule has 2 rings (SSSR count). The van der Waals surface area contributed by atoms with Crippen LogP contribution >= 0.6 is 0 Å². The lowest BCUT2D eigenvalue weighted by atomic mass is 9.97. The molecular weight excluding hydrogens is 277 g/mol. The van der Waals surface area contributed by atoms with Crippen molar-refractivity contribution >= 4 is 0 Å². The number of nitriles is 1. The van der Waals surface area contributed by atoms with E-state index >= 15 is 0 Å². The first-order chi connectivity index (χ1) is 9.32. The highest BCUT2D eigenvalue weighted by Crippen LogP contribution is 2.34. The van der Waals surface area contributed by atoms with Crippen molar-refractivity contribution in [1.82, 2.24) is 0 Å². The van der Waals surface area contributed by atoms with Gasteiger partial charge in [-0.3, -0.25) is 0 Å². The van der Waals surface area contributed by atoms with E-state index in [1.165, 1.54) is 0 Å². The second-order valence-electron chi connectivity index (χ2n) is 4.00. The summed E-state index contributed by atoms with van der Waals surface area (Å²) in [5, 5.41) is 8.90. The number of benzene rings is 2. The molecule has 0 aliphatic carbocycles. The van der Waals surface area contributed by atoms with Crippen LogP contribution in [0.25, 0.3) is 11.1 Å². The minimum Gasteiger partial charge on any atom is -0.204 e. The second-order valence-corrected chi connectivity index (χ2v) is 4.00. The van der Waals surface area contributed by atoms with Gasteiger partial charge in [0, 0.05) is 5.56 Å². The standard InChI is InChI=1S/C14H6F5N/c15-12-4-2-8(5-13(12)16)11-6-10(14(17,18)19)3-1-9(11)7-20/h1-6H. The van der Waals surface area contributed by atoms with Crippen molar-refractivity contribution in [3.63, 3.8) is 0 Å². The van der Waals surface area contributed by atoms with E-state index in [9.17, 15) is 22.0 Å². The van der Waals surface area contributed by atoms with Crippen LogP contribution in [0.4, 0.5) is 22.0 Å². The SMILES string of the molecule is N#Cc1ccc(C(F)(F)F)cc1-c1ccc(F)c(F)c1. The Morgan fingerprint density at radius 1 is 0.900 bits per heavy atom. The molecular formula is C14H6F5N. The molecule has 0 aromatic heterocycles. The zero-order valence-electron chi connectivity index (χ0n) is 9.80. The van der Waals surface area contributed by atoms with E-state index in [1.807, 2.05) is 0 Å². The van der Waals surface area contributed by atoms with E-state index in [0.717, 1.165) is 36.4 Å². The van der Waals surface area contributed by atoms with Crippen LogP contribution in [-0.2, 0) is 6.18 Å². The van der Waals surface area contributed by atoms with Crippen molar-refractivity contribution in [3.05, 3.63) is 59.2 Å². The molecule has 0 amide bonds. The molecule has 0 radical (unpaired) electrons. The zero-order valence-corrected chi connectivity index (χ0v) is 9.80. The molecule has 0 N–H and O–H groups in total. The predicted octanol–water partition coefficient (Wildman–Crippen LogP) is 4.52.